The van der Waals surface area contributed by atoms with Gasteiger partial charge >= 0.3 is 0 Å². The molecular weight excluding hydrogens is 178 g/mol. The number of nitrogens with one attached hydrogen (secondary N) is 1. The number of ketones is 1. The lowest BCUT2D eigenvalue weighted by Crippen LogP contribution is -2.30. The predicted molar refractivity (Wildman–Crippen MR) is 53.8 cm³/mol. The van der Waals surface area contributed by atoms with E-state index in [1.807, 2.05) is 6.08 Å². The van der Waals surface area contributed by atoms with Gasteiger partial charge in [-0.2, -0.15) is 0 Å². The molecule has 1 N–H and O–H groups in total. The molecule has 2 aliphatic heterocycles. The van der Waals surface area contributed by atoms with Crippen LogP contribution in [0.2, 0.25) is 0 Å². The maximum absolute atomic E-state index is 12.0. The molecule has 3 heteroatoms. The summed E-state index contributed by atoms with van der Waals surface area (Å²) in [6.07, 6.45) is 4.91. The van der Waals surface area contributed by atoms with Gasteiger partial charge in [-0.25, -0.2) is 0 Å². The molecule has 0 aromatic rings. The van der Waals surface area contributed by atoms with Gasteiger partial charge in [-0.3, -0.25) is 4.79 Å². The first-order valence-electron chi connectivity index (χ1n) is 5.39. The zero-order valence-corrected chi connectivity index (χ0v) is 8.58. The third-order valence-electron chi connectivity index (χ3n) is 3.04. The van der Waals surface area contributed by atoms with Gasteiger partial charge in [0.1, 0.15) is 0 Å². The number of carbonyl (C=O) groups is 1. The molecule has 14 heavy (non-hydrogen) atoms. The molecule has 2 heterocycles. The fourth-order valence-corrected chi connectivity index (χ4v) is 2.13. The molecule has 2 atom stereocenters. The second-order valence-corrected chi connectivity index (χ2v) is 4.06. The third-order valence-corrected chi connectivity index (χ3v) is 3.04. The minimum Gasteiger partial charge on any atom is -0.490 e. The minimum atomic E-state index is 0.124. The van der Waals surface area contributed by atoms with Gasteiger partial charge < -0.3 is 10.1 Å². The lowest BCUT2D eigenvalue weighted by molar-refractivity contribution is -0.123. The largest absolute Gasteiger partial charge is 0.490 e. The Morgan fingerprint density at radius 3 is 3.07 bits per heavy atom. The van der Waals surface area contributed by atoms with E-state index in [2.05, 4.69) is 12.2 Å². The van der Waals surface area contributed by atoms with E-state index in [1.54, 1.807) is 0 Å². The van der Waals surface area contributed by atoms with Gasteiger partial charge in [-0.05, 0) is 38.8 Å². The average molecular weight is 195 g/mol. The molecule has 0 radical (unpaired) electrons. The Hall–Kier alpha value is -0.830. The van der Waals surface area contributed by atoms with Gasteiger partial charge in [0.25, 0.3) is 0 Å². The van der Waals surface area contributed by atoms with Crippen molar-refractivity contribution in [3.05, 3.63) is 11.8 Å². The first-order chi connectivity index (χ1) is 6.79. The summed E-state index contributed by atoms with van der Waals surface area (Å²) >= 11 is 0. The number of hydrogen-bond acceptors (Lipinski definition) is 3. The number of ether oxygens (including phenoxy) is 1. The van der Waals surface area contributed by atoms with E-state index in [4.69, 9.17) is 4.74 Å². The first-order valence-corrected chi connectivity index (χ1v) is 5.39. The third kappa shape index (κ3) is 1.82. The quantitative estimate of drug-likeness (QED) is 0.720. The highest BCUT2D eigenvalue weighted by Crippen LogP contribution is 2.22. The van der Waals surface area contributed by atoms with Crippen LogP contribution in [-0.2, 0) is 9.53 Å². The molecule has 0 saturated carbocycles. The fraction of sp³-hybridized carbons (Fsp3) is 0.727. The summed E-state index contributed by atoms with van der Waals surface area (Å²) in [5.41, 5.74) is 0. The maximum Gasteiger partial charge on any atom is 0.201 e. The van der Waals surface area contributed by atoms with Gasteiger partial charge in [0, 0.05) is 12.0 Å². The van der Waals surface area contributed by atoms with Gasteiger partial charge in [0.15, 0.2) is 5.76 Å². The summed E-state index contributed by atoms with van der Waals surface area (Å²) < 4.78 is 5.38. The Labute approximate surface area is 84.5 Å². The van der Waals surface area contributed by atoms with Crippen molar-refractivity contribution in [2.45, 2.75) is 32.2 Å². The van der Waals surface area contributed by atoms with Crippen LogP contribution in [0.4, 0.5) is 0 Å². The Morgan fingerprint density at radius 2 is 2.50 bits per heavy atom. The van der Waals surface area contributed by atoms with E-state index in [-0.39, 0.29) is 11.7 Å². The van der Waals surface area contributed by atoms with Crippen molar-refractivity contribution in [1.82, 2.24) is 5.32 Å². The van der Waals surface area contributed by atoms with Crippen LogP contribution in [0.5, 0.6) is 0 Å². The summed E-state index contributed by atoms with van der Waals surface area (Å²) in [5, 5.41) is 3.29. The highest BCUT2D eigenvalue weighted by atomic mass is 16.5. The zero-order chi connectivity index (χ0) is 9.97. The molecule has 0 aromatic heterocycles. The van der Waals surface area contributed by atoms with E-state index in [0.717, 1.165) is 25.8 Å². The molecule has 0 bridgehead atoms. The SMILES string of the molecule is CC1NCCC1C(=O)C1=CCCCO1. The van der Waals surface area contributed by atoms with E-state index >= 15 is 0 Å². The predicted octanol–water partition coefficient (Wildman–Crippen LogP) is 1.25. The summed E-state index contributed by atoms with van der Waals surface area (Å²) in [4.78, 5) is 12.0. The number of carbonyl (C=O) groups excluding carboxylic acids is 1. The lowest BCUT2D eigenvalue weighted by Gasteiger charge is -2.19. The molecule has 3 nitrogen and oxygen atoms in total. The molecule has 2 rings (SSSR count). The second kappa shape index (κ2) is 4.13. The minimum absolute atomic E-state index is 0.124. The summed E-state index contributed by atoms with van der Waals surface area (Å²) in [6.45, 7) is 3.72. The van der Waals surface area contributed by atoms with Crippen LogP contribution in [0.15, 0.2) is 11.8 Å². The molecule has 0 spiro atoms. The number of hydrogen-bond donors (Lipinski definition) is 1. The van der Waals surface area contributed by atoms with Crippen LogP contribution < -0.4 is 5.32 Å². The smallest absolute Gasteiger partial charge is 0.201 e. The molecule has 2 unspecified atom stereocenters. The van der Waals surface area contributed by atoms with Crippen molar-refractivity contribution in [1.29, 1.82) is 0 Å². The Bertz CT molecular complexity index is 260. The van der Waals surface area contributed by atoms with Gasteiger partial charge in [0.05, 0.1) is 6.61 Å². The molecule has 1 saturated heterocycles. The molecule has 2 aliphatic rings. The molecule has 0 aromatic carbocycles. The number of rotatable bonds is 2. The van der Waals surface area contributed by atoms with Crippen molar-refractivity contribution < 1.29 is 9.53 Å². The Kier molecular flexibility index (Phi) is 2.87. The average Bonchev–Trinajstić information content (AvgIpc) is 2.65. The molecule has 1 fully saturated rings. The van der Waals surface area contributed by atoms with Gasteiger partial charge in [-0.15, -0.1) is 0 Å². The molecular formula is C11H17NO2. The van der Waals surface area contributed by atoms with Crippen molar-refractivity contribution in [2.75, 3.05) is 13.2 Å². The number of allylic oxidation sites excluding steroid dienone is 2. The number of Topliss-reactive ketones (excluding diaryl/α,β-unsaturated/α-hetero) is 1. The van der Waals surface area contributed by atoms with E-state index in [9.17, 15) is 4.79 Å². The topological polar surface area (TPSA) is 38.3 Å². The highest BCUT2D eigenvalue weighted by Gasteiger charge is 2.32. The summed E-state index contributed by atoms with van der Waals surface area (Å²) in [5.74, 6) is 0.929. The summed E-state index contributed by atoms with van der Waals surface area (Å²) in [6, 6.07) is 0.300. The maximum atomic E-state index is 12.0. The lowest BCUT2D eigenvalue weighted by atomic mass is 9.94. The summed E-state index contributed by atoms with van der Waals surface area (Å²) in [7, 11) is 0. The molecule has 78 valence electrons. The van der Waals surface area contributed by atoms with Crippen molar-refractivity contribution >= 4 is 5.78 Å². The normalized spacial score (nSPS) is 32.2. The van der Waals surface area contributed by atoms with Gasteiger partial charge in [0.2, 0.25) is 5.78 Å². The van der Waals surface area contributed by atoms with Crippen molar-refractivity contribution in [3.8, 4) is 0 Å². The van der Waals surface area contributed by atoms with Crippen molar-refractivity contribution in [2.24, 2.45) is 5.92 Å². The van der Waals surface area contributed by atoms with Crippen molar-refractivity contribution in [3.63, 3.8) is 0 Å². The zero-order valence-electron chi connectivity index (χ0n) is 8.58. The van der Waals surface area contributed by atoms with Crippen LogP contribution in [-0.4, -0.2) is 25.0 Å². The van der Waals surface area contributed by atoms with E-state index in [0.29, 0.717) is 18.4 Å². The first kappa shape index (κ1) is 9.71. The van der Waals surface area contributed by atoms with Crippen LogP contribution in [0.3, 0.4) is 0 Å². The van der Waals surface area contributed by atoms with Gasteiger partial charge in [-0.1, -0.05) is 0 Å². The second-order valence-electron chi connectivity index (χ2n) is 4.06. The van der Waals surface area contributed by atoms with E-state index in [1.165, 1.54) is 0 Å². The Morgan fingerprint density at radius 1 is 1.64 bits per heavy atom. The van der Waals surface area contributed by atoms with Crippen LogP contribution >= 0.6 is 0 Å². The van der Waals surface area contributed by atoms with Crippen LogP contribution in [0.25, 0.3) is 0 Å². The fourth-order valence-electron chi connectivity index (χ4n) is 2.13. The van der Waals surface area contributed by atoms with Crippen LogP contribution in [0.1, 0.15) is 26.2 Å². The monoisotopic (exact) mass is 195 g/mol. The molecule has 0 aliphatic carbocycles. The Balaban J connectivity index is 2.03. The highest BCUT2D eigenvalue weighted by molar-refractivity contribution is 5.96. The van der Waals surface area contributed by atoms with Crippen LogP contribution in [0, 0.1) is 5.92 Å². The molecule has 0 amide bonds. The van der Waals surface area contributed by atoms with E-state index < -0.39 is 0 Å². The standard InChI is InChI=1S/C11H17NO2/c1-8-9(5-6-12-8)11(13)10-4-2-3-7-14-10/h4,8-9,12H,2-3,5-7H2,1H3.